The van der Waals surface area contributed by atoms with Crippen LogP contribution in [-0.4, -0.2) is 18.6 Å². The molecule has 6 heteroatoms. The van der Waals surface area contributed by atoms with Crippen molar-refractivity contribution in [3.8, 4) is 0 Å². The predicted octanol–water partition coefficient (Wildman–Crippen LogP) is 0.863. The van der Waals surface area contributed by atoms with Crippen molar-refractivity contribution in [2.45, 2.75) is 24.8 Å². The second-order valence-corrected chi connectivity index (χ2v) is 5.27. The molecule has 5 nitrogen and oxygen atoms in total. The molecule has 1 N–H and O–H groups in total. The SMILES string of the molecule is CC(C)c1cc2c(nn1)S(=O)(=O)NC=C2. The Morgan fingerprint density at radius 2 is 2.07 bits per heavy atom. The largest absolute Gasteiger partial charge is 0.285 e. The van der Waals surface area contributed by atoms with Crippen molar-refractivity contribution in [1.29, 1.82) is 0 Å². The van der Waals surface area contributed by atoms with E-state index in [1.807, 2.05) is 13.8 Å². The van der Waals surface area contributed by atoms with Gasteiger partial charge in [-0.2, -0.15) is 13.5 Å². The van der Waals surface area contributed by atoms with Gasteiger partial charge in [0.05, 0.1) is 5.69 Å². The Bertz CT molecular complexity index is 520. The summed E-state index contributed by atoms with van der Waals surface area (Å²) in [5.74, 6) is 0.230. The van der Waals surface area contributed by atoms with Crippen molar-refractivity contribution in [2.75, 3.05) is 0 Å². The Kier molecular flexibility index (Phi) is 2.22. The van der Waals surface area contributed by atoms with Gasteiger partial charge in [-0.1, -0.05) is 13.8 Å². The normalized spacial score (nSPS) is 17.3. The van der Waals surface area contributed by atoms with Crippen molar-refractivity contribution in [2.24, 2.45) is 0 Å². The molecule has 1 aliphatic heterocycles. The van der Waals surface area contributed by atoms with Crippen molar-refractivity contribution in [3.05, 3.63) is 23.5 Å². The molecule has 0 amide bonds. The average Bonchev–Trinajstić information content (AvgIpc) is 2.16. The van der Waals surface area contributed by atoms with Crippen LogP contribution in [0.5, 0.6) is 0 Å². The van der Waals surface area contributed by atoms with E-state index in [0.717, 1.165) is 5.69 Å². The second-order valence-electron chi connectivity index (χ2n) is 3.64. The van der Waals surface area contributed by atoms with Gasteiger partial charge in [-0.05, 0) is 18.1 Å². The highest BCUT2D eigenvalue weighted by Crippen LogP contribution is 2.20. The van der Waals surface area contributed by atoms with Crippen LogP contribution in [0.4, 0.5) is 0 Å². The Morgan fingerprint density at radius 3 is 2.73 bits per heavy atom. The van der Waals surface area contributed by atoms with E-state index in [1.54, 1.807) is 12.1 Å². The summed E-state index contributed by atoms with van der Waals surface area (Å²) in [6, 6.07) is 1.75. The highest BCUT2D eigenvalue weighted by Gasteiger charge is 2.22. The molecule has 0 aliphatic carbocycles. The first kappa shape index (κ1) is 10.1. The van der Waals surface area contributed by atoms with Crippen molar-refractivity contribution < 1.29 is 8.42 Å². The minimum Gasteiger partial charge on any atom is -0.285 e. The van der Waals surface area contributed by atoms with E-state index in [0.29, 0.717) is 5.56 Å². The molecule has 2 heterocycles. The fourth-order valence-electron chi connectivity index (χ4n) is 1.29. The van der Waals surface area contributed by atoms with Gasteiger partial charge in [0.1, 0.15) is 0 Å². The molecule has 1 aliphatic rings. The van der Waals surface area contributed by atoms with Crippen molar-refractivity contribution >= 4 is 16.1 Å². The smallest absolute Gasteiger partial charge is 0.281 e. The molecule has 80 valence electrons. The highest BCUT2D eigenvalue weighted by molar-refractivity contribution is 7.89. The lowest BCUT2D eigenvalue weighted by molar-refractivity contribution is 0.581. The van der Waals surface area contributed by atoms with Crippen molar-refractivity contribution in [1.82, 2.24) is 14.9 Å². The van der Waals surface area contributed by atoms with Gasteiger partial charge < -0.3 is 0 Å². The van der Waals surface area contributed by atoms with E-state index in [-0.39, 0.29) is 10.9 Å². The Balaban J connectivity index is 2.61. The van der Waals surface area contributed by atoms with Crippen LogP contribution in [0.2, 0.25) is 0 Å². The molecular weight excluding hydrogens is 214 g/mol. The first-order valence-corrected chi connectivity index (χ1v) is 6.05. The topological polar surface area (TPSA) is 72.0 Å². The first-order chi connectivity index (χ1) is 7.00. The summed E-state index contributed by atoms with van der Waals surface area (Å²) >= 11 is 0. The third-order valence-electron chi connectivity index (χ3n) is 2.14. The zero-order valence-corrected chi connectivity index (χ0v) is 9.25. The van der Waals surface area contributed by atoms with Crippen LogP contribution in [-0.2, 0) is 10.0 Å². The lowest BCUT2D eigenvalue weighted by Gasteiger charge is -2.12. The van der Waals surface area contributed by atoms with Gasteiger partial charge in [0, 0.05) is 11.8 Å². The van der Waals surface area contributed by atoms with Crippen LogP contribution in [0.1, 0.15) is 31.0 Å². The predicted molar refractivity (Wildman–Crippen MR) is 55.5 cm³/mol. The van der Waals surface area contributed by atoms with Crippen LogP contribution in [0.15, 0.2) is 17.3 Å². The molecular formula is C9H11N3O2S. The van der Waals surface area contributed by atoms with E-state index in [9.17, 15) is 8.42 Å². The summed E-state index contributed by atoms with van der Waals surface area (Å²) in [5.41, 5.74) is 1.38. The van der Waals surface area contributed by atoms with Gasteiger partial charge in [0.2, 0.25) is 5.03 Å². The van der Waals surface area contributed by atoms with Gasteiger partial charge >= 0.3 is 0 Å². The number of hydrogen-bond donors (Lipinski definition) is 1. The number of nitrogens with one attached hydrogen (secondary N) is 1. The molecule has 0 spiro atoms. The van der Waals surface area contributed by atoms with E-state index >= 15 is 0 Å². The Morgan fingerprint density at radius 1 is 1.33 bits per heavy atom. The van der Waals surface area contributed by atoms with Gasteiger partial charge in [-0.3, -0.25) is 4.72 Å². The summed E-state index contributed by atoms with van der Waals surface area (Å²) in [7, 11) is -3.49. The minimum atomic E-state index is -3.49. The van der Waals surface area contributed by atoms with Crippen LogP contribution < -0.4 is 4.72 Å². The fourth-order valence-corrected chi connectivity index (χ4v) is 2.23. The molecule has 1 aromatic rings. The third kappa shape index (κ3) is 1.72. The van der Waals surface area contributed by atoms with Gasteiger partial charge in [-0.25, -0.2) is 0 Å². The van der Waals surface area contributed by atoms with E-state index in [1.165, 1.54) is 6.20 Å². The average molecular weight is 225 g/mol. The fraction of sp³-hybridized carbons (Fsp3) is 0.333. The number of fused-ring (bicyclic) bond motifs is 1. The molecule has 0 fully saturated rings. The maximum atomic E-state index is 11.5. The Hall–Kier alpha value is -1.43. The molecule has 0 bridgehead atoms. The van der Waals surface area contributed by atoms with E-state index in [4.69, 9.17) is 0 Å². The lowest BCUT2D eigenvalue weighted by atomic mass is 10.1. The molecule has 2 rings (SSSR count). The monoisotopic (exact) mass is 225 g/mol. The highest BCUT2D eigenvalue weighted by atomic mass is 32.2. The van der Waals surface area contributed by atoms with Crippen LogP contribution in [0.3, 0.4) is 0 Å². The zero-order chi connectivity index (χ0) is 11.1. The summed E-state index contributed by atoms with van der Waals surface area (Å²) in [6.07, 6.45) is 3.07. The lowest BCUT2D eigenvalue weighted by Crippen LogP contribution is -2.24. The molecule has 0 saturated heterocycles. The van der Waals surface area contributed by atoms with Gasteiger partial charge in [0.15, 0.2) is 0 Å². The van der Waals surface area contributed by atoms with Crippen LogP contribution in [0.25, 0.3) is 6.08 Å². The zero-order valence-electron chi connectivity index (χ0n) is 8.43. The summed E-state index contributed by atoms with van der Waals surface area (Å²) in [5, 5.41) is 7.62. The molecule has 0 saturated carbocycles. The Labute approximate surface area is 88.3 Å². The molecule has 0 radical (unpaired) electrons. The number of sulfonamides is 1. The van der Waals surface area contributed by atoms with E-state index in [2.05, 4.69) is 14.9 Å². The summed E-state index contributed by atoms with van der Waals surface area (Å²) in [4.78, 5) is 0. The summed E-state index contributed by atoms with van der Waals surface area (Å²) < 4.78 is 25.2. The van der Waals surface area contributed by atoms with Crippen LogP contribution in [0, 0.1) is 0 Å². The van der Waals surface area contributed by atoms with Gasteiger partial charge in [-0.15, -0.1) is 5.10 Å². The van der Waals surface area contributed by atoms with Gasteiger partial charge in [0.25, 0.3) is 10.0 Å². The molecule has 15 heavy (non-hydrogen) atoms. The van der Waals surface area contributed by atoms with Crippen LogP contribution >= 0.6 is 0 Å². The maximum absolute atomic E-state index is 11.5. The first-order valence-electron chi connectivity index (χ1n) is 4.57. The number of hydrogen-bond acceptors (Lipinski definition) is 4. The maximum Gasteiger partial charge on any atom is 0.281 e. The van der Waals surface area contributed by atoms with E-state index < -0.39 is 10.0 Å². The number of nitrogens with zero attached hydrogens (tertiary/aromatic N) is 2. The molecule has 0 atom stereocenters. The molecule has 0 unspecified atom stereocenters. The molecule has 0 aromatic carbocycles. The minimum absolute atomic E-state index is 0.00519. The standard InChI is InChI=1S/C9H11N3O2S/c1-6(2)8-5-7-3-4-10-15(13,14)9(7)12-11-8/h3-6,10H,1-2H3. The number of aromatic nitrogens is 2. The molecule has 1 aromatic heterocycles. The second kappa shape index (κ2) is 3.30. The number of rotatable bonds is 1. The summed E-state index contributed by atoms with van der Waals surface area (Å²) in [6.45, 7) is 3.96. The van der Waals surface area contributed by atoms with Crippen molar-refractivity contribution in [3.63, 3.8) is 0 Å². The third-order valence-corrected chi connectivity index (χ3v) is 3.41. The quantitative estimate of drug-likeness (QED) is 0.769.